The molecular formula is C38H45Cl3N4O6. The smallest absolute Gasteiger partial charge is 0.494 e. The molecule has 3 N–H and O–H groups in total. The molecule has 0 atom stereocenters. The van der Waals surface area contributed by atoms with Gasteiger partial charge < -0.3 is 24.8 Å². The summed E-state index contributed by atoms with van der Waals surface area (Å²) in [5, 5.41) is 9.47. The van der Waals surface area contributed by atoms with Gasteiger partial charge in [0.25, 0.3) is 0 Å². The highest BCUT2D eigenvalue weighted by molar-refractivity contribution is 6.36. The number of carbonyl (C=O) groups excluding carboxylic acids is 2. The van der Waals surface area contributed by atoms with E-state index in [4.69, 9.17) is 49.0 Å². The Kier molecular flexibility index (Phi) is 16.1. The maximum atomic E-state index is 13.8. The molecule has 0 saturated carbocycles. The number of hydrogen-bond donors (Lipinski definition) is 3. The van der Waals surface area contributed by atoms with Crippen LogP contribution in [0.1, 0.15) is 89.5 Å². The Morgan fingerprint density at radius 3 is 2.16 bits per heavy atom. The van der Waals surface area contributed by atoms with E-state index in [9.17, 15) is 14.4 Å². The third kappa shape index (κ3) is 12.3. The third-order valence-corrected chi connectivity index (χ3v) is 9.02. The second-order valence-corrected chi connectivity index (χ2v) is 13.4. The number of H-pyrrole nitrogens is 1. The SMILES string of the molecule is CCCCCCCCCCCCCC(=O)Nc1ccc(Cl)c(Nc2[nH]n(-c3c(Cl)cc(Cl)cc3OC)c(=O)c2OC(=O)OCc2ccccc2)c1. The van der Waals surface area contributed by atoms with Crippen LogP contribution in [0.25, 0.3) is 5.69 Å². The van der Waals surface area contributed by atoms with Crippen LogP contribution in [0.3, 0.4) is 0 Å². The van der Waals surface area contributed by atoms with Crippen molar-refractivity contribution in [1.29, 1.82) is 0 Å². The molecular weight excluding hydrogens is 715 g/mol. The van der Waals surface area contributed by atoms with Gasteiger partial charge in [0, 0.05) is 23.2 Å². The van der Waals surface area contributed by atoms with Crippen molar-refractivity contribution in [3.8, 4) is 17.2 Å². The normalized spacial score (nSPS) is 10.9. The van der Waals surface area contributed by atoms with Crippen LogP contribution in [0.5, 0.6) is 11.5 Å². The predicted octanol–water partition coefficient (Wildman–Crippen LogP) is 11.2. The molecule has 0 saturated heterocycles. The highest BCUT2D eigenvalue weighted by Gasteiger charge is 2.25. The summed E-state index contributed by atoms with van der Waals surface area (Å²) >= 11 is 19.2. The van der Waals surface area contributed by atoms with E-state index < -0.39 is 17.5 Å². The number of nitrogens with one attached hydrogen (secondary N) is 3. The molecule has 51 heavy (non-hydrogen) atoms. The average molecular weight is 760 g/mol. The zero-order valence-electron chi connectivity index (χ0n) is 29.0. The molecule has 0 spiro atoms. The number of aromatic amines is 1. The van der Waals surface area contributed by atoms with Gasteiger partial charge in [-0.3, -0.25) is 14.7 Å². The van der Waals surface area contributed by atoms with Gasteiger partial charge in [0.05, 0.1) is 22.8 Å². The van der Waals surface area contributed by atoms with Gasteiger partial charge in [0.2, 0.25) is 11.7 Å². The summed E-state index contributed by atoms with van der Waals surface area (Å²) in [6.07, 6.45) is 12.5. The first-order chi connectivity index (χ1) is 24.7. The highest BCUT2D eigenvalue weighted by Crippen LogP contribution is 2.36. The minimum absolute atomic E-state index is 0.0453. The Morgan fingerprint density at radius 2 is 1.49 bits per heavy atom. The van der Waals surface area contributed by atoms with Crippen molar-refractivity contribution in [1.82, 2.24) is 9.78 Å². The Hall–Kier alpha value is -4.12. The third-order valence-electron chi connectivity index (χ3n) is 8.19. The van der Waals surface area contributed by atoms with Crippen LogP contribution in [0, 0.1) is 0 Å². The second-order valence-electron chi connectivity index (χ2n) is 12.2. The summed E-state index contributed by atoms with van der Waals surface area (Å²) in [6.45, 7) is 2.15. The van der Waals surface area contributed by atoms with Crippen LogP contribution in [-0.4, -0.2) is 29.0 Å². The Labute approximate surface area is 313 Å². The molecule has 1 amide bonds. The number of carbonyl (C=O) groups is 2. The van der Waals surface area contributed by atoms with Gasteiger partial charge in [-0.15, -0.1) is 0 Å². The number of rotatable bonds is 20. The van der Waals surface area contributed by atoms with Crippen molar-refractivity contribution >= 4 is 64.1 Å². The van der Waals surface area contributed by atoms with Gasteiger partial charge in [-0.1, -0.05) is 136 Å². The zero-order valence-corrected chi connectivity index (χ0v) is 31.3. The first-order valence-electron chi connectivity index (χ1n) is 17.3. The van der Waals surface area contributed by atoms with Gasteiger partial charge in [0.15, 0.2) is 5.82 Å². The van der Waals surface area contributed by atoms with E-state index in [1.165, 1.54) is 70.6 Å². The predicted molar refractivity (Wildman–Crippen MR) is 205 cm³/mol. The molecule has 10 nitrogen and oxygen atoms in total. The molecule has 1 aromatic heterocycles. The monoisotopic (exact) mass is 758 g/mol. The minimum Gasteiger partial charge on any atom is -0.494 e. The molecule has 274 valence electrons. The average Bonchev–Trinajstić information content (AvgIpc) is 3.40. The first-order valence-corrected chi connectivity index (χ1v) is 18.5. The second kappa shape index (κ2) is 20.7. The number of methoxy groups -OCH3 is 1. The number of hydrogen-bond acceptors (Lipinski definition) is 7. The Morgan fingerprint density at radius 1 is 0.824 bits per heavy atom. The molecule has 4 aromatic rings. The van der Waals surface area contributed by atoms with Crippen LogP contribution in [0.15, 0.2) is 65.5 Å². The summed E-state index contributed by atoms with van der Waals surface area (Å²) in [4.78, 5) is 39.3. The van der Waals surface area contributed by atoms with E-state index in [0.717, 1.165) is 29.5 Å². The maximum Gasteiger partial charge on any atom is 0.514 e. The summed E-state index contributed by atoms with van der Waals surface area (Å²) in [5.41, 5.74) is 0.868. The molecule has 0 bridgehead atoms. The van der Waals surface area contributed by atoms with Gasteiger partial charge in [0.1, 0.15) is 18.0 Å². The molecule has 0 fully saturated rings. The summed E-state index contributed by atoms with van der Waals surface area (Å²) < 4.78 is 17.2. The van der Waals surface area contributed by atoms with E-state index in [-0.39, 0.29) is 44.8 Å². The number of benzene rings is 3. The molecule has 0 aliphatic carbocycles. The number of ether oxygens (including phenoxy) is 3. The van der Waals surface area contributed by atoms with Crippen molar-refractivity contribution in [2.24, 2.45) is 0 Å². The molecule has 0 unspecified atom stereocenters. The van der Waals surface area contributed by atoms with Crippen molar-refractivity contribution < 1.29 is 23.8 Å². The number of nitrogens with zero attached hydrogens (tertiary/aromatic N) is 1. The van der Waals surface area contributed by atoms with Crippen LogP contribution in [0.4, 0.5) is 22.0 Å². The quantitative estimate of drug-likeness (QED) is 0.0605. The van der Waals surface area contributed by atoms with E-state index >= 15 is 0 Å². The standard InChI is InChI=1S/C38H45Cl3N4O6/c1-3-4-5-6-7-8-9-10-11-12-16-19-33(46)42-28-20-21-29(40)31(24-28)43-36-35(51-38(48)50-25-26-17-14-13-15-18-26)37(47)45(44-36)34-30(41)22-27(39)23-32(34)49-2/h13-15,17-18,20-24,43-44H,3-12,16,19,25H2,1-2H3,(H,42,46). The number of unbranched alkanes of at least 4 members (excludes halogenated alkanes) is 10. The Balaban J connectivity index is 1.45. The Bertz CT molecular complexity index is 1790. The van der Waals surface area contributed by atoms with Gasteiger partial charge in [-0.25, -0.2) is 9.48 Å². The topological polar surface area (TPSA) is 124 Å². The molecule has 1 heterocycles. The highest BCUT2D eigenvalue weighted by atomic mass is 35.5. The molecule has 0 aliphatic heterocycles. The van der Waals surface area contributed by atoms with Crippen molar-refractivity contribution in [3.05, 3.63) is 91.6 Å². The summed E-state index contributed by atoms with van der Waals surface area (Å²) in [6, 6.07) is 16.8. The lowest BCUT2D eigenvalue weighted by atomic mass is 10.1. The first kappa shape index (κ1) is 39.7. The fourth-order valence-corrected chi connectivity index (χ4v) is 6.23. The van der Waals surface area contributed by atoms with Crippen molar-refractivity contribution in [3.63, 3.8) is 0 Å². The molecule has 0 aliphatic rings. The maximum absolute atomic E-state index is 13.8. The molecule has 13 heteroatoms. The van der Waals surface area contributed by atoms with Gasteiger partial charge >= 0.3 is 11.7 Å². The van der Waals surface area contributed by atoms with Crippen LogP contribution in [0.2, 0.25) is 15.1 Å². The zero-order chi connectivity index (χ0) is 36.6. The minimum atomic E-state index is -1.12. The van der Waals surface area contributed by atoms with Crippen molar-refractivity contribution in [2.45, 2.75) is 90.6 Å². The van der Waals surface area contributed by atoms with Crippen molar-refractivity contribution in [2.75, 3.05) is 17.7 Å². The lowest BCUT2D eigenvalue weighted by Crippen LogP contribution is -2.20. The lowest BCUT2D eigenvalue weighted by molar-refractivity contribution is -0.116. The lowest BCUT2D eigenvalue weighted by Gasteiger charge is -2.12. The van der Waals surface area contributed by atoms with Gasteiger partial charge in [-0.2, -0.15) is 0 Å². The molecule has 3 aromatic carbocycles. The van der Waals surface area contributed by atoms with Crippen LogP contribution < -0.4 is 25.7 Å². The van der Waals surface area contributed by atoms with E-state index in [1.807, 2.05) is 6.07 Å². The van der Waals surface area contributed by atoms with Gasteiger partial charge in [-0.05, 0) is 36.2 Å². The fraction of sp³-hybridized carbons (Fsp3) is 0.395. The molecule has 0 radical (unpaired) electrons. The number of anilines is 3. The summed E-state index contributed by atoms with van der Waals surface area (Å²) in [7, 11) is 1.40. The molecule has 4 rings (SSSR count). The van der Waals surface area contributed by atoms with Crippen LogP contribution in [-0.2, 0) is 16.1 Å². The van der Waals surface area contributed by atoms with Crippen LogP contribution >= 0.6 is 34.8 Å². The number of aromatic nitrogens is 2. The van der Waals surface area contributed by atoms with E-state index in [1.54, 1.807) is 42.5 Å². The largest absolute Gasteiger partial charge is 0.514 e. The number of amides is 1. The fourth-order valence-electron chi connectivity index (χ4n) is 5.51. The van der Waals surface area contributed by atoms with E-state index in [0.29, 0.717) is 17.8 Å². The summed E-state index contributed by atoms with van der Waals surface area (Å²) in [5.74, 6) is -0.409. The van der Waals surface area contributed by atoms with E-state index in [2.05, 4.69) is 22.7 Å². The number of halogens is 3.